The molecule has 0 aromatic carbocycles. The molecule has 1 atom stereocenters. The van der Waals surface area contributed by atoms with E-state index in [2.05, 4.69) is 0 Å². The first kappa shape index (κ1) is 8.20. The van der Waals surface area contributed by atoms with Crippen LogP contribution < -0.4 is 5.73 Å². The Hall–Kier alpha value is -0.900. The van der Waals surface area contributed by atoms with E-state index < -0.39 is 6.04 Å². The molecule has 4 nitrogen and oxygen atoms in total. The number of amides is 1. The molecule has 0 radical (unpaired) electrons. The molecular weight excluding hydrogens is 144 g/mol. The topological polar surface area (TPSA) is 63.4 Å². The van der Waals surface area contributed by atoms with Crippen molar-refractivity contribution in [3.63, 3.8) is 0 Å². The quantitative estimate of drug-likeness (QED) is 0.537. The van der Waals surface area contributed by atoms with Gasteiger partial charge in [-0.05, 0) is 6.92 Å². The summed E-state index contributed by atoms with van der Waals surface area (Å²) in [6.07, 6.45) is 0.485. The van der Waals surface area contributed by atoms with Crippen LogP contribution >= 0.6 is 0 Å². The van der Waals surface area contributed by atoms with Crippen molar-refractivity contribution < 1.29 is 9.59 Å². The number of Topliss-reactive ketones (excluding diaryl/α,β-unsaturated/α-hetero) is 1. The van der Waals surface area contributed by atoms with Crippen molar-refractivity contribution in [3.05, 3.63) is 0 Å². The van der Waals surface area contributed by atoms with E-state index in [0.717, 1.165) is 0 Å². The third-order valence-corrected chi connectivity index (χ3v) is 1.73. The van der Waals surface area contributed by atoms with Crippen molar-refractivity contribution >= 4 is 11.7 Å². The van der Waals surface area contributed by atoms with Crippen LogP contribution in [-0.4, -0.2) is 35.7 Å². The van der Waals surface area contributed by atoms with Crippen LogP contribution in [0.1, 0.15) is 13.3 Å². The van der Waals surface area contributed by atoms with Gasteiger partial charge < -0.3 is 10.6 Å². The molecule has 11 heavy (non-hydrogen) atoms. The van der Waals surface area contributed by atoms with Crippen LogP contribution in [0.25, 0.3) is 0 Å². The summed E-state index contributed by atoms with van der Waals surface area (Å²) < 4.78 is 0. The van der Waals surface area contributed by atoms with Crippen LogP contribution in [0.4, 0.5) is 0 Å². The average molecular weight is 156 g/mol. The highest BCUT2D eigenvalue weighted by Gasteiger charge is 2.25. The Kier molecular flexibility index (Phi) is 2.24. The summed E-state index contributed by atoms with van der Waals surface area (Å²) in [5.41, 5.74) is 5.36. The zero-order valence-electron chi connectivity index (χ0n) is 6.54. The van der Waals surface area contributed by atoms with E-state index >= 15 is 0 Å². The number of hydrogen-bond acceptors (Lipinski definition) is 3. The van der Waals surface area contributed by atoms with Gasteiger partial charge in [0.05, 0.1) is 12.6 Å². The third kappa shape index (κ3) is 1.77. The van der Waals surface area contributed by atoms with Crippen LogP contribution in [0.5, 0.6) is 0 Å². The van der Waals surface area contributed by atoms with Crippen LogP contribution in [0.15, 0.2) is 0 Å². The van der Waals surface area contributed by atoms with Crippen LogP contribution in [0, 0.1) is 0 Å². The van der Waals surface area contributed by atoms with E-state index in [0.29, 0.717) is 13.0 Å². The SMILES string of the molecule is CC(N)C(=O)N1CCC(=O)C1. The fourth-order valence-electron chi connectivity index (χ4n) is 1.11. The summed E-state index contributed by atoms with van der Waals surface area (Å²) >= 11 is 0. The number of nitrogens with zero attached hydrogens (tertiary/aromatic N) is 1. The molecule has 0 aliphatic carbocycles. The molecule has 0 aromatic heterocycles. The Balaban J connectivity index is 2.50. The first-order valence-electron chi connectivity index (χ1n) is 3.67. The molecule has 1 heterocycles. The second-order valence-corrected chi connectivity index (χ2v) is 2.84. The van der Waals surface area contributed by atoms with Gasteiger partial charge in [0, 0.05) is 13.0 Å². The minimum atomic E-state index is -0.485. The van der Waals surface area contributed by atoms with Crippen LogP contribution in [-0.2, 0) is 9.59 Å². The van der Waals surface area contributed by atoms with E-state index in [1.807, 2.05) is 0 Å². The molecule has 1 aliphatic rings. The Morgan fingerprint density at radius 1 is 1.73 bits per heavy atom. The summed E-state index contributed by atoms with van der Waals surface area (Å²) in [5.74, 6) is -0.00477. The summed E-state index contributed by atoms with van der Waals surface area (Å²) in [6, 6.07) is -0.485. The van der Waals surface area contributed by atoms with Gasteiger partial charge in [-0.15, -0.1) is 0 Å². The van der Waals surface area contributed by atoms with Crippen molar-refractivity contribution in [2.45, 2.75) is 19.4 Å². The molecule has 1 unspecified atom stereocenters. The predicted octanol–water partition coefficient (Wildman–Crippen LogP) is -0.865. The maximum Gasteiger partial charge on any atom is 0.239 e. The fraction of sp³-hybridized carbons (Fsp3) is 0.714. The first-order chi connectivity index (χ1) is 5.11. The highest BCUT2D eigenvalue weighted by atomic mass is 16.2. The largest absolute Gasteiger partial charge is 0.334 e. The van der Waals surface area contributed by atoms with E-state index in [9.17, 15) is 9.59 Å². The van der Waals surface area contributed by atoms with E-state index in [4.69, 9.17) is 5.73 Å². The Morgan fingerprint density at radius 2 is 2.36 bits per heavy atom. The first-order valence-corrected chi connectivity index (χ1v) is 3.67. The number of carbonyl (C=O) groups is 2. The molecule has 4 heteroatoms. The summed E-state index contributed by atoms with van der Waals surface area (Å²) in [6.45, 7) is 2.42. The lowest BCUT2D eigenvalue weighted by molar-refractivity contribution is -0.132. The predicted molar refractivity (Wildman–Crippen MR) is 39.9 cm³/mol. The molecule has 1 fully saturated rings. The third-order valence-electron chi connectivity index (χ3n) is 1.73. The van der Waals surface area contributed by atoms with Gasteiger partial charge in [0.1, 0.15) is 0 Å². The van der Waals surface area contributed by atoms with Crippen LogP contribution in [0.3, 0.4) is 0 Å². The van der Waals surface area contributed by atoms with Gasteiger partial charge in [-0.1, -0.05) is 0 Å². The number of hydrogen-bond donors (Lipinski definition) is 1. The van der Waals surface area contributed by atoms with E-state index in [-0.39, 0.29) is 18.2 Å². The lowest BCUT2D eigenvalue weighted by Gasteiger charge is -2.15. The molecular formula is C7H12N2O2. The van der Waals surface area contributed by atoms with Gasteiger partial charge in [-0.25, -0.2) is 0 Å². The summed E-state index contributed by atoms with van der Waals surface area (Å²) in [7, 11) is 0. The highest BCUT2D eigenvalue weighted by Crippen LogP contribution is 2.04. The number of ketones is 1. The number of likely N-dealkylation sites (tertiary alicyclic amines) is 1. The minimum absolute atomic E-state index is 0.124. The molecule has 62 valence electrons. The maximum atomic E-state index is 11.1. The molecule has 1 aliphatic heterocycles. The van der Waals surface area contributed by atoms with Gasteiger partial charge in [-0.2, -0.15) is 0 Å². The second-order valence-electron chi connectivity index (χ2n) is 2.84. The van der Waals surface area contributed by atoms with Crippen molar-refractivity contribution in [3.8, 4) is 0 Å². The molecule has 0 spiro atoms. The Bertz CT molecular complexity index is 189. The fourth-order valence-corrected chi connectivity index (χ4v) is 1.11. The molecule has 0 aromatic rings. The van der Waals surface area contributed by atoms with Crippen molar-refractivity contribution in [1.82, 2.24) is 4.90 Å². The monoisotopic (exact) mass is 156 g/mol. The van der Waals surface area contributed by atoms with Gasteiger partial charge in [0.2, 0.25) is 5.91 Å². The zero-order valence-corrected chi connectivity index (χ0v) is 6.54. The molecule has 1 amide bonds. The van der Waals surface area contributed by atoms with Crippen molar-refractivity contribution in [1.29, 1.82) is 0 Å². The number of nitrogens with two attached hydrogens (primary N) is 1. The van der Waals surface area contributed by atoms with E-state index in [1.54, 1.807) is 6.92 Å². The molecule has 1 rings (SSSR count). The molecule has 0 bridgehead atoms. The molecule has 0 saturated carbocycles. The van der Waals surface area contributed by atoms with Crippen molar-refractivity contribution in [2.75, 3.05) is 13.1 Å². The standard InChI is InChI=1S/C7H12N2O2/c1-5(8)7(11)9-3-2-6(10)4-9/h5H,2-4,8H2,1H3. The average Bonchev–Trinajstić information content (AvgIpc) is 2.34. The van der Waals surface area contributed by atoms with Crippen LogP contribution in [0.2, 0.25) is 0 Å². The second kappa shape index (κ2) is 3.00. The Labute approximate surface area is 65.3 Å². The van der Waals surface area contributed by atoms with Gasteiger partial charge in [-0.3, -0.25) is 9.59 Å². The van der Waals surface area contributed by atoms with Gasteiger partial charge in [0.25, 0.3) is 0 Å². The molecule has 2 N–H and O–H groups in total. The smallest absolute Gasteiger partial charge is 0.239 e. The Morgan fingerprint density at radius 3 is 2.73 bits per heavy atom. The molecule has 1 saturated heterocycles. The lowest BCUT2D eigenvalue weighted by Crippen LogP contribution is -2.40. The number of carbonyl (C=O) groups excluding carboxylic acids is 2. The number of rotatable bonds is 1. The maximum absolute atomic E-state index is 11.1. The summed E-state index contributed by atoms with van der Waals surface area (Å²) in [4.78, 5) is 23.4. The van der Waals surface area contributed by atoms with Gasteiger partial charge >= 0.3 is 0 Å². The highest BCUT2D eigenvalue weighted by molar-refractivity contribution is 5.91. The lowest BCUT2D eigenvalue weighted by atomic mass is 10.3. The van der Waals surface area contributed by atoms with Gasteiger partial charge in [0.15, 0.2) is 5.78 Å². The summed E-state index contributed by atoms with van der Waals surface area (Å²) in [5, 5.41) is 0. The normalized spacial score (nSPS) is 20.5. The zero-order chi connectivity index (χ0) is 8.43. The van der Waals surface area contributed by atoms with E-state index in [1.165, 1.54) is 4.90 Å². The van der Waals surface area contributed by atoms with Crippen molar-refractivity contribution in [2.24, 2.45) is 5.73 Å². The minimum Gasteiger partial charge on any atom is -0.334 e.